The largest absolute Gasteiger partial charge is 0.369 e. The van der Waals surface area contributed by atoms with Gasteiger partial charge in [0.05, 0.1) is 5.52 Å². The van der Waals surface area contributed by atoms with Gasteiger partial charge >= 0.3 is 0 Å². The summed E-state index contributed by atoms with van der Waals surface area (Å²) in [6.45, 7) is 0. The van der Waals surface area contributed by atoms with Crippen LogP contribution in [0.3, 0.4) is 0 Å². The average molecular weight is 263 g/mol. The molecule has 0 aliphatic heterocycles. The topological polar surface area (TPSA) is 43.8 Å². The van der Waals surface area contributed by atoms with Crippen LogP contribution >= 0.6 is 0 Å². The number of nitrogens with zero attached hydrogens (tertiary/aromatic N) is 2. The maximum absolute atomic E-state index is 13.8. The molecule has 2 aliphatic carbocycles. The first-order chi connectivity index (χ1) is 9.15. The Morgan fingerprint density at radius 1 is 1.16 bits per heavy atom. The number of anilines is 1. The van der Waals surface area contributed by atoms with Crippen LogP contribution in [0.15, 0.2) is 12.1 Å². The van der Waals surface area contributed by atoms with E-state index in [1.807, 2.05) is 4.57 Å². The third-order valence-electron chi connectivity index (χ3n) is 4.25. The van der Waals surface area contributed by atoms with E-state index >= 15 is 0 Å². The number of halogens is 2. The third-order valence-corrected chi connectivity index (χ3v) is 4.25. The van der Waals surface area contributed by atoms with Crippen molar-refractivity contribution < 1.29 is 8.78 Å². The number of hydrogen-bond acceptors (Lipinski definition) is 2. The van der Waals surface area contributed by atoms with Crippen molar-refractivity contribution in [2.45, 2.75) is 31.7 Å². The second-order valence-electron chi connectivity index (χ2n) is 5.76. The first kappa shape index (κ1) is 11.2. The van der Waals surface area contributed by atoms with Crippen molar-refractivity contribution in [3.8, 4) is 0 Å². The molecular weight excluding hydrogens is 248 g/mol. The summed E-state index contributed by atoms with van der Waals surface area (Å²) >= 11 is 0. The van der Waals surface area contributed by atoms with E-state index in [4.69, 9.17) is 5.73 Å². The Bertz CT molecular complexity index is 644. The SMILES string of the molecule is Nc1nc2c(F)cc(F)cc2n1C(C1CC1)C1CC1. The monoisotopic (exact) mass is 263 g/mol. The Morgan fingerprint density at radius 3 is 2.37 bits per heavy atom. The first-order valence-electron chi connectivity index (χ1n) is 6.77. The van der Waals surface area contributed by atoms with Crippen LogP contribution in [0.1, 0.15) is 31.7 Å². The molecule has 0 atom stereocenters. The first-order valence-corrected chi connectivity index (χ1v) is 6.77. The zero-order valence-electron chi connectivity index (χ0n) is 10.4. The number of nitrogen functional groups attached to an aromatic ring is 1. The van der Waals surface area contributed by atoms with E-state index in [2.05, 4.69) is 4.98 Å². The molecular formula is C14H15F2N3. The Balaban J connectivity index is 1.94. The molecule has 5 heteroatoms. The number of imidazole rings is 1. The minimum atomic E-state index is -0.634. The molecule has 1 aromatic carbocycles. The lowest BCUT2D eigenvalue weighted by Crippen LogP contribution is -2.16. The summed E-state index contributed by atoms with van der Waals surface area (Å²) in [5.41, 5.74) is 6.65. The van der Waals surface area contributed by atoms with Crippen LogP contribution in [-0.2, 0) is 0 Å². The summed E-state index contributed by atoms with van der Waals surface area (Å²) in [4.78, 5) is 4.09. The number of aromatic nitrogens is 2. The van der Waals surface area contributed by atoms with E-state index in [0.29, 0.717) is 23.3 Å². The molecule has 0 saturated heterocycles. The van der Waals surface area contributed by atoms with Crippen LogP contribution in [0.25, 0.3) is 11.0 Å². The van der Waals surface area contributed by atoms with Crippen molar-refractivity contribution in [2.75, 3.05) is 5.73 Å². The van der Waals surface area contributed by atoms with Gasteiger partial charge in [0.15, 0.2) is 5.82 Å². The Kier molecular flexibility index (Phi) is 2.17. The van der Waals surface area contributed by atoms with Crippen LogP contribution < -0.4 is 5.73 Å². The fourth-order valence-corrected chi connectivity index (χ4v) is 3.13. The van der Waals surface area contributed by atoms with Crippen LogP contribution in [0.2, 0.25) is 0 Å². The summed E-state index contributed by atoms with van der Waals surface area (Å²) in [5.74, 6) is 0.294. The highest BCUT2D eigenvalue weighted by molar-refractivity contribution is 5.79. The highest BCUT2D eigenvalue weighted by Gasteiger charge is 2.44. The molecule has 2 aromatic rings. The smallest absolute Gasteiger partial charge is 0.201 e. The molecule has 4 rings (SSSR count). The number of fused-ring (bicyclic) bond motifs is 1. The van der Waals surface area contributed by atoms with Crippen molar-refractivity contribution in [1.29, 1.82) is 0 Å². The molecule has 0 unspecified atom stereocenters. The maximum Gasteiger partial charge on any atom is 0.201 e. The number of benzene rings is 1. The second kappa shape index (κ2) is 3.68. The summed E-state index contributed by atoms with van der Waals surface area (Å²) in [6, 6.07) is 2.48. The van der Waals surface area contributed by atoms with Crippen molar-refractivity contribution in [3.63, 3.8) is 0 Å². The highest BCUT2D eigenvalue weighted by atomic mass is 19.1. The van der Waals surface area contributed by atoms with Gasteiger partial charge in [-0.05, 0) is 37.5 Å². The third kappa shape index (κ3) is 1.71. The van der Waals surface area contributed by atoms with Gasteiger partial charge in [0.25, 0.3) is 0 Å². The summed E-state index contributed by atoms with van der Waals surface area (Å²) in [6.07, 6.45) is 4.71. The molecule has 0 bridgehead atoms. The molecule has 1 aromatic heterocycles. The van der Waals surface area contributed by atoms with Gasteiger partial charge in [-0.3, -0.25) is 0 Å². The molecule has 2 aliphatic rings. The second-order valence-corrected chi connectivity index (χ2v) is 5.76. The van der Waals surface area contributed by atoms with Crippen molar-refractivity contribution in [3.05, 3.63) is 23.8 Å². The van der Waals surface area contributed by atoms with Crippen molar-refractivity contribution in [2.24, 2.45) is 11.8 Å². The van der Waals surface area contributed by atoms with Gasteiger partial charge in [-0.25, -0.2) is 13.8 Å². The molecule has 2 fully saturated rings. The Hall–Kier alpha value is -1.65. The van der Waals surface area contributed by atoms with Gasteiger partial charge < -0.3 is 10.3 Å². The fourth-order valence-electron chi connectivity index (χ4n) is 3.13. The molecule has 100 valence electrons. The number of rotatable bonds is 3. The van der Waals surface area contributed by atoms with Gasteiger partial charge in [0.1, 0.15) is 11.3 Å². The predicted octanol–water partition coefficient (Wildman–Crippen LogP) is 3.26. The van der Waals surface area contributed by atoms with Crippen LogP contribution in [0.5, 0.6) is 0 Å². The normalized spacial score (nSPS) is 19.5. The lowest BCUT2D eigenvalue weighted by molar-refractivity contribution is 0.408. The van der Waals surface area contributed by atoms with Gasteiger partial charge in [-0.1, -0.05) is 0 Å². The Labute approximate surface area is 109 Å². The average Bonchev–Trinajstić information content (AvgIpc) is 3.23. The van der Waals surface area contributed by atoms with Crippen molar-refractivity contribution >= 4 is 17.0 Å². The van der Waals surface area contributed by atoms with E-state index in [1.165, 1.54) is 31.7 Å². The molecule has 19 heavy (non-hydrogen) atoms. The molecule has 2 saturated carbocycles. The lowest BCUT2D eigenvalue weighted by Gasteiger charge is -2.19. The van der Waals surface area contributed by atoms with E-state index < -0.39 is 11.6 Å². The lowest BCUT2D eigenvalue weighted by atomic mass is 10.1. The van der Waals surface area contributed by atoms with E-state index in [0.717, 1.165) is 6.07 Å². The zero-order valence-corrected chi connectivity index (χ0v) is 10.4. The van der Waals surface area contributed by atoms with Crippen LogP contribution in [0.4, 0.5) is 14.7 Å². The quantitative estimate of drug-likeness (QED) is 0.923. The number of hydrogen-bond donors (Lipinski definition) is 1. The summed E-state index contributed by atoms with van der Waals surface area (Å²) in [7, 11) is 0. The summed E-state index contributed by atoms with van der Waals surface area (Å²) < 4.78 is 29.1. The van der Waals surface area contributed by atoms with Crippen LogP contribution in [-0.4, -0.2) is 9.55 Å². The molecule has 2 N–H and O–H groups in total. The Morgan fingerprint density at radius 2 is 1.79 bits per heavy atom. The number of nitrogens with two attached hydrogens (primary N) is 1. The van der Waals surface area contributed by atoms with Gasteiger partial charge in [0, 0.05) is 18.2 Å². The highest BCUT2D eigenvalue weighted by Crippen LogP contribution is 2.53. The minimum absolute atomic E-state index is 0.185. The zero-order chi connectivity index (χ0) is 13.1. The van der Waals surface area contributed by atoms with Crippen LogP contribution in [0, 0.1) is 23.5 Å². The van der Waals surface area contributed by atoms with Gasteiger partial charge in [0.2, 0.25) is 5.95 Å². The predicted molar refractivity (Wildman–Crippen MR) is 68.5 cm³/mol. The molecule has 1 heterocycles. The minimum Gasteiger partial charge on any atom is -0.369 e. The van der Waals surface area contributed by atoms with E-state index in [-0.39, 0.29) is 11.6 Å². The standard InChI is InChI=1S/C14H15F2N3/c15-9-5-10(16)12-11(6-9)19(14(17)18-12)13(7-1-2-7)8-3-4-8/h5-8,13H,1-4H2,(H2,17,18). The van der Waals surface area contributed by atoms with Gasteiger partial charge in [-0.15, -0.1) is 0 Å². The summed E-state index contributed by atoms with van der Waals surface area (Å²) in [5, 5.41) is 0. The van der Waals surface area contributed by atoms with E-state index in [9.17, 15) is 8.78 Å². The van der Waals surface area contributed by atoms with Crippen molar-refractivity contribution in [1.82, 2.24) is 9.55 Å². The molecule has 0 radical (unpaired) electrons. The molecule has 3 nitrogen and oxygen atoms in total. The van der Waals surface area contributed by atoms with Gasteiger partial charge in [-0.2, -0.15) is 0 Å². The maximum atomic E-state index is 13.8. The molecule has 0 amide bonds. The van der Waals surface area contributed by atoms with E-state index in [1.54, 1.807) is 0 Å². The fraction of sp³-hybridized carbons (Fsp3) is 0.500. The molecule has 0 spiro atoms.